The lowest BCUT2D eigenvalue weighted by atomic mass is 10.1. The van der Waals surface area contributed by atoms with Crippen LogP contribution in [0.1, 0.15) is 18.4 Å². The van der Waals surface area contributed by atoms with Gasteiger partial charge in [0.2, 0.25) is 11.7 Å². The van der Waals surface area contributed by atoms with E-state index in [0.717, 1.165) is 35.7 Å². The van der Waals surface area contributed by atoms with E-state index in [9.17, 15) is 4.79 Å². The molecule has 0 unspecified atom stereocenters. The smallest absolute Gasteiger partial charge is 0.260 e. The summed E-state index contributed by atoms with van der Waals surface area (Å²) >= 11 is 1.59. The van der Waals surface area contributed by atoms with Crippen LogP contribution in [0.3, 0.4) is 0 Å². The number of hydrogen-bond acceptors (Lipinski definition) is 7. The number of amides is 1. The van der Waals surface area contributed by atoms with Crippen LogP contribution in [0.25, 0.3) is 10.7 Å². The number of carbonyl (C=O) groups excluding carboxylic acids is 1. The molecule has 0 atom stereocenters. The Hall–Kier alpha value is -2.71. The molecule has 0 aliphatic carbocycles. The minimum Gasteiger partial charge on any atom is -0.483 e. The molecule has 1 amide bonds. The molecule has 1 aliphatic rings. The fraction of sp³-hybridized carbons (Fsp3) is 0.381. The summed E-state index contributed by atoms with van der Waals surface area (Å²) in [7, 11) is 0. The van der Waals surface area contributed by atoms with Crippen LogP contribution in [0.4, 0.5) is 0 Å². The van der Waals surface area contributed by atoms with Crippen LogP contribution in [0, 0.1) is 0 Å². The Balaban J connectivity index is 1.24. The first-order chi connectivity index (χ1) is 14.2. The first kappa shape index (κ1) is 19.6. The van der Waals surface area contributed by atoms with Crippen LogP contribution in [0.5, 0.6) is 5.75 Å². The topological polar surface area (TPSA) is 71.7 Å². The standard InChI is InChI=1S/C21H24N4O3S/c1-2-16-6-3-4-7-17(16)27-15-20(26)25-11-9-24(10-12-25)14-19-22-21(23-28-19)18-8-5-13-29-18/h3-8,13H,2,9-12,14-15H2,1H3. The highest BCUT2D eigenvalue weighted by atomic mass is 32.1. The molecule has 2 aromatic heterocycles. The number of hydrogen-bond donors (Lipinski definition) is 0. The number of nitrogens with zero attached hydrogens (tertiary/aromatic N) is 4. The number of piperazine rings is 1. The predicted octanol–water partition coefficient (Wildman–Crippen LogP) is 3.08. The van der Waals surface area contributed by atoms with E-state index < -0.39 is 0 Å². The van der Waals surface area contributed by atoms with Gasteiger partial charge in [-0.25, -0.2) is 0 Å². The van der Waals surface area contributed by atoms with Gasteiger partial charge in [0.05, 0.1) is 11.4 Å². The van der Waals surface area contributed by atoms with Crippen LogP contribution >= 0.6 is 11.3 Å². The molecule has 0 bridgehead atoms. The lowest BCUT2D eigenvalue weighted by Gasteiger charge is -2.33. The van der Waals surface area contributed by atoms with E-state index in [-0.39, 0.29) is 12.5 Å². The number of aromatic nitrogens is 2. The van der Waals surface area contributed by atoms with Crippen molar-refractivity contribution in [1.82, 2.24) is 19.9 Å². The average Bonchev–Trinajstić information content (AvgIpc) is 3.45. The number of thiophene rings is 1. The Labute approximate surface area is 173 Å². The normalized spacial score (nSPS) is 14.9. The van der Waals surface area contributed by atoms with Gasteiger partial charge in [-0.1, -0.05) is 36.3 Å². The van der Waals surface area contributed by atoms with Gasteiger partial charge in [-0.2, -0.15) is 4.98 Å². The van der Waals surface area contributed by atoms with Crippen molar-refractivity contribution in [3.05, 3.63) is 53.2 Å². The summed E-state index contributed by atoms with van der Waals surface area (Å²) in [5.41, 5.74) is 1.12. The SMILES string of the molecule is CCc1ccccc1OCC(=O)N1CCN(Cc2nc(-c3cccs3)no2)CC1. The van der Waals surface area contributed by atoms with Gasteiger partial charge in [0.25, 0.3) is 5.91 Å². The zero-order chi connectivity index (χ0) is 20.1. The van der Waals surface area contributed by atoms with Crippen molar-refractivity contribution in [2.75, 3.05) is 32.8 Å². The van der Waals surface area contributed by atoms with E-state index in [1.165, 1.54) is 0 Å². The third-order valence-electron chi connectivity index (χ3n) is 5.00. The Morgan fingerprint density at radius 1 is 1.17 bits per heavy atom. The minimum atomic E-state index is 0.0216. The summed E-state index contributed by atoms with van der Waals surface area (Å²) in [5.74, 6) is 2.05. The second kappa shape index (κ2) is 9.19. The number of rotatable bonds is 7. The van der Waals surface area contributed by atoms with Crippen molar-refractivity contribution in [2.24, 2.45) is 0 Å². The second-order valence-electron chi connectivity index (χ2n) is 6.90. The molecule has 0 radical (unpaired) electrons. The summed E-state index contributed by atoms with van der Waals surface area (Å²) < 4.78 is 11.1. The van der Waals surface area contributed by atoms with Crippen molar-refractivity contribution >= 4 is 17.2 Å². The van der Waals surface area contributed by atoms with Crippen molar-refractivity contribution in [3.8, 4) is 16.5 Å². The second-order valence-corrected chi connectivity index (χ2v) is 7.84. The van der Waals surface area contributed by atoms with Crippen molar-refractivity contribution in [1.29, 1.82) is 0 Å². The summed E-state index contributed by atoms with van der Waals surface area (Å²) in [6, 6.07) is 11.8. The van der Waals surface area contributed by atoms with E-state index in [0.29, 0.717) is 31.3 Å². The van der Waals surface area contributed by atoms with Gasteiger partial charge in [-0.15, -0.1) is 11.3 Å². The molecular formula is C21H24N4O3S. The van der Waals surface area contributed by atoms with Gasteiger partial charge in [0.1, 0.15) is 5.75 Å². The number of aryl methyl sites for hydroxylation is 1. The summed E-state index contributed by atoms with van der Waals surface area (Å²) in [5, 5.41) is 6.04. The molecule has 8 heteroatoms. The van der Waals surface area contributed by atoms with E-state index in [1.807, 2.05) is 46.7 Å². The molecule has 1 fully saturated rings. The maximum absolute atomic E-state index is 12.5. The summed E-state index contributed by atoms with van der Waals surface area (Å²) in [6.07, 6.45) is 0.882. The zero-order valence-electron chi connectivity index (χ0n) is 16.4. The van der Waals surface area contributed by atoms with E-state index in [2.05, 4.69) is 22.0 Å². The molecule has 29 heavy (non-hydrogen) atoms. The molecule has 0 saturated carbocycles. The van der Waals surface area contributed by atoms with Crippen molar-refractivity contribution in [3.63, 3.8) is 0 Å². The summed E-state index contributed by atoms with van der Waals surface area (Å²) in [6.45, 7) is 5.64. The first-order valence-electron chi connectivity index (χ1n) is 9.80. The number of carbonyl (C=O) groups is 1. The van der Waals surface area contributed by atoms with Crippen LogP contribution in [0.2, 0.25) is 0 Å². The Morgan fingerprint density at radius 2 is 2.00 bits per heavy atom. The van der Waals surface area contributed by atoms with Gasteiger partial charge in [0.15, 0.2) is 6.61 Å². The summed E-state index contributed by atoms with van der Waals surface area (Å²) in [4.78, 5) is 22.1. The molecule has 1 aromatic carbocycles. The Kier molecular flexibility index (Phi) is 6.21. The largest absolute Gasteiger partial charge is 0.483 e. The highest BCUT2D eigenvalue weighted by Crippen LogP contribution is 2.22. The highest BCUT2D eigenvalue weighted by Gasteiger charge is 2.23. The van der Waals surface area contributed by atoms with Gasteiger partial charge < -0.3 is 14.2 Å². The molecular weight excluding hydrogens is 388 g/mol. The molecule has 7 nitrogen and oxygen atoms in total. The number of benzene rings is 1. The van der Waals surface area contributed by atoms with Crippen LogP contribution in [-0.4, -0.2) is 58.6 Å². The van der Waals surface area contributed by atoms with Crippen LogP contribution in [0.15, 0.2) is 46.3 Å². The number of para-hydroxylation sites is 1. The quantitative estimate of drug-likeness (QED) is 0.594. The fourth-order valence-electron chi connectivity index (χ4n) is 3.34. The maximum Gasteiger partial charge on any atom is 0.260 e. The van der Waals surface area contributed by atoms with Crippen LogP contribution in [-0.2, 0) is 17.8 Å². The Morgan fingerprint density at radius 3 is 2.76 bits per heavy atom. The average molecular weight is 413 g/mol. The molecule has 0 N–H and O–H groups in total. The molecule has 3 heterocycles. The van der Waals surface area contributed by atoms with Gasteiger partial charge in [-0.05, 0) is 29.5 Å². The molecule has 3 aromatic rings. The molecule has 152 valence electrons. The fourth-order valence-corrected chi connectivity index (χ4v) is 3.99. The van der Waals surface area contributed by atoms with E-state index >= 15 is 0 Å². The zero-order valence-corrected chi connectivity index (χ0v) is 17.2. The van der Waals surface area contributed by atoms with Gasteiger partial charge >= 0.3 is 0 Å². The minimum absolute atomic E-state index is 0.0216. The Bertz CT molecular complexity index is 933. The lowest BCUT2D eigenvalue weighted by Crippen LogP contribution is -2.49. The number of ether oxygens (including phenoxy) is 1. The van der Waals surface area contributed by atoms with Gasteiger partial charge in [0, 0.05) is 26.2 Å². The van der Waals surface area contributed by atoms with E-state index in [4.69, 9.17) is 9.26 Å². The van der Waals surface area contributed by atoms with Crippen LogP contribution < -0.4 is 4.74 Å². The lowest BCUT2D eigenvalue weighted by molar-refractivity contribution is -0.135. The molecule has 1 saturated heterocycles. The third kappa shape index (κ3) is 4.83. The maximum atomic E-state index is 12.5. The van der Waals surface area contributed by atoms with E-state index in [1.54, 1.807) is 11.3 Å². The predicted molar refractivity (Wildman–Crippen MR) is 111 cm³/mol. The van der Waals surface area contributed by atoms with Crippen molar-refractivity contribution in [2.45, 2.75) is 19.9 Å². The molecule has 4 rings (SSSR count). The highest BCUT2D eigenvalue weighted by molar-refractivity contribution is 7.13. The third-order valence-corrected chi connectivity index (χ3v) is 5.86. The van der Waals surface area contributed by atoms with Crippen molar-refractivity contribution < 1.29 is 14.1 Å². The first-order valence-corrected chi connectivity index (χ1v) is 10.7. The molecule has 0 spiro atoms. The van der Waals surface area contributed by atoms with Gasteiger partial charge in [-0.3, -0.25) is 9.69 Å². The molecule has 1 aliphatic heterocycles. The monoisotopic (exact) mass is 412 g/mol.